The van der Waals surface area contributed by atoms with Crippen molar-refractivity contribution in [2.45, 2.75) is 66.7 Å². The Balaban J connectivity index is 0. The molecule has 0 unspecified atom stereocenters. The lowest BCUT2D eigenvalue weighted by Gasteiger charge is -2.06. The molecule has 0 saturated carbocycles. The summed E-state index contributed by atoms with van der Waals surface area (Å²) >= 11 is 0. The highest BCUT2D eigenvalue weighted by Crippen LogP contribution is 2.07. The van der Waals surface area contributed by atoms with Crippen molar-refractivity contribution in [3.63, 3.8) is 0 Å². The number of rotatable bonds is 10. The Morgan fingerprint density at radius 1 is 0.885 bits per heavy atom. The van der Waals surface area contributed by atoms with E-state index in [-0.39, 0.29) is 11.5 Å². The van der Waals surface area contributed by atoms with E-state index >= 15 is 0 Å². The molecule has 0 aromatic heterocycles. The number of allylic oxidation sites excluding steroid dienone is 3. The average molecular weight is 368 g/mol. The standard InChI is InChI=1S/C15H24O4.C5H8O2/c1-4-6-7-8-11-19-15(18)13(5-2)10-9-12(3)14(16)17;1-3-4(2)5(6)7/h9-10H,4-8,11H2,1-3H3,(H,16,17);3H,1-2H3,(H,6,7). The first kappa shape index (κ1) is 25.9. The third-order valence-electron chi connectivity index (χ3n) is 3.52. The van der Waals surface area contributed by atoms with Gasteiger partial charge in [-0.15, -0.1) is 0 Å². The van der Waals surface area contributed by atoms with Gasteiger partial charge in [-0.05, 0) is 33.6 Å². The van der Waals surface area contributed by atoms with Crippen molar-refractivity contribution in [2.75, 3.05) is 6.61 Å². The maximum absolute atomic E-state index is 11.7. The summed E-state index contributed by atoms with van der Waals surface area (Å²) in [6.45, 7) is 9.14. The summed E-state index contributed by atoms with van der Waals surface area (Å²) in [6.07, 6.45) is 9.27. The Kier molecular flexibility index (Phi) is 16.0. The number of hydrogen-bond donors (Lipinski definition) is 2. The molecular formula is C20H32O6. The van der Waals surface area contributed by atoms with Gasteiger partial charge >= 0.3 is 17.9 Å². The van der Waals surface area contributed by atoms with Gasteiger partial charge in [-0.2, -0.15) is 0 Å². The lowest BCUT2D eigenvalue weighted by Crippen LogP contribution is -2.08. The van der Waals surface area contributed by atoms with Gasteiger partial charge in [0.25, 0.3) is 0 Å². The smallest absolute Gasteiger partial charge is 0.333 e. The third-order valence-corrected chi connectivity index (χ3v) is 3.52. The van der Waals surface area contributed by atoms with Crippen LogP contribution in [-0.2, 0) is 19.1 Å². The van der Waals surface area contributed by atoms with Gasteiger partial charge in [0.15, 0.2) is 0 Å². The molecule has 6 nitrogen and oxygen atoms in total. The summed E-state index contributed by atoms with van der Waals surface area (Å²) < 4.78 is 5.15. The second-order valence-corrected chi connectivity index (χ2v) is 5.67. The van der Waals surface area contributed by atoms with Crippen LogP contribution in [0.4, 0.5) is 0 Å². The molecule has 0 aromatic carbocycles. The van der Waals surface area contributed by atoms with E-state index in [1.165, 1.54) is 19.1 Å². The Hall–Kier alpha value is -2.37. The average Bonchev–Trinajstić information content (AvgIpc) is 2.61. The molecule has 0 fully saturated rings. The molecule has 0 atom stereocenters. The number of ether oxygens (including phenoxy) is 1. The highest BCUT2D eigenvalue weighted by molar-refractivity contribution is 5.90. The van der Waals surface area contributed by atoms with E-state index in [9.17, 15) is 14.4 Å². The molecule has 0 amide bonds. The fraction of sp³-hybridized carbons (Fsp3) is 0.550. The van der Waals surface area contributed by atoms with Crippen molar-refractivity contribution < 1.29 is 29.3 Å². The van der Waals surface area contributed by atoms with E-state index in [4.69, 9.17) is 14.9 Å². The topological polar surface area (TPSA) is 101 Å². The lowest BCUT2D eigenvalue weighted by atomic mass is 10.1. The van der Waals surface area contributed by atoms with Gasteiger partial charge in [0, 0.05) is 16.7 Å². The number of carboxylic acids is 2. The number of esters is 1. The van der Waals surface area contributed by atoms with Crippen LogP contribution < -0.4 is 0 Å². The largest absolute Gasteiger partial charge is 0.478 e. The van der Waals surface area contributed by atoms with Crippen LogP contribution in [0.5, 0.6) is 0 Å². The van der Waals surface area contributed by atoms with Crippen molar-refractivity contribution in [3.05, 3.63) is 34.9 Å². The molecule has 0 aliphatic carbocycles. The van der Waals surface area contributed by atoms with Crippen molar-refractivity contribution in [2.24, 2.45) is 0 Å². The monoisotopic (exact) mass is 368 g/mol. The molecule has 0 aromatic rings. The van der Waals surface area contributed by atoms with Gasteiger partial charge in [-0.25, -0.2) is 14.4 Å². The van der Waals surface area contributed by atoms with E-state index in [0.29, 0.717) is 24.2 Å². The zero-order chi connectivity index (χ0) is 20.5. The second kappa shape index (κ2) is 16.1. The van der Waals surface area contributed by atoms with E-state index < -0.39 is 11.9 Å². The molecule has 6 heteroatoms. The summed E-state index contributed by atoms with van der Waals surface area (Å²) in [4.78, 5) is 32.2. The Morgan fingerprint density at radius 2 is 1.46 bits per heavy atom. The van der Waals surface area contributed by atoms with E-state index in [2.05, 4.69) is 6.92 Å². The molecule has 0 rings (SSSR count). The summed E-state index contributed by atoms with van der Waals surface area (Å²) in [5, 5.41) is 16.8. The molecule has 0 radical (unpaired) electrons. The van der Waals surface area contributed by atoms with E-state index in [1.807, 2.05) is 6.92 Å². The zero-order valence-corrected chi connectivity index (χ0v) is 16.5. The molecule has 2 N–H and O–H groups in total. The van der Waals surface area contributed by atoms with Gasteiger partial charge in [0.05, 0.1) is 6.61 Å². The zero-order valence-electron chi connectivity index (χ0n) is 16.5. The van der Waals surface area contributed by atoms with Crippen LogP contribution >= 0.6 is 0 Å². The number of carbonyl (C=O) groups excluding carboxylic acids is 1. The highest BCUT2D eigenvalue weighted by Gasteiger charge is 2.08. The number of hydrogen-bond acceptors (Lipinski definition) is 4. The normalized spacial score (nSPS) is 12.1. The first-order valence-electron chi connectivity index (χ1n) is 8.85. The van der Waals surface area contributed by atoms with Gasteiger partial charge < -0.3 is 14.9 Å². The molecule has 0 aliphatic rings. The fourth-order valence-electron chi connectivity index (χ4n) is 1.54. The van der Waals surface area contributed by atoms with Crippen molar-refractivity contribution in [1.29, 1.82) is 0 Å². The predicted molar refractivity (Wildman–Crippen MR) is 102 cm³/mol. The fourth-order valence-corrected chi connectivity index (χ4v) is 1.54. The first-order valence-corrected chi connectivity index (χ1v) is 8.85. The molecule has 148 valence electrons. The Morgan fingerprint density at radius 3 is 1.85 bits per heavy atom. The summed E-state index contributed by atoms with van der Waals surface area (Å²) in [7, 11) is 0. The lowest BCUT2D eigenvalue weighted by molar-refractivity contribution is -0.139. The molecule has 26 heavy (non-hydrogen) atoms. The summed E-state index contributed by atoms with van der Waals surface area (Å²) in [6, 6.07) is 0. The van der Waals surface area contributed by atoms with Crippen LogP contribution in [0, 0.1) is 0 Å². The second-order valence-electron chi connectivity index (χ2n) is 5.67. The number of carboxylic acid groups (broad SMARTS) is 2. The van der Waals surface area contributed by atoms with Crippen molar-refractivity contribution in [3.8, 4) is 0 Å². The van der Waals surface area contributed by atoms with Crippen LogP contribution in [-0.4, -0.2) is 34.7 Å². The van der Waals surface area contributed by atoms with Gasteiger partial charge in [-0.1, -0.05) is 51.3 Å². The Labute approximate surface area is 156 Å². The first-order chi connectivity index (χ1) is 12.2. The van der Waals surface area contributed by atoms with E-state index in [1.54, 1.807) is 19.9 Å². The van der Waals surface area contributed by atoms with Crippen LogP contribution in [0.25, 0.3) is 0 Å². The van der Waals surface area contributed by atoms with Crippen molar-refractivity contribution in [1.82, 2.24) is 0 Å². The van der Waals surface area contributed by atoms with Crippen LogP contribution in [0.3, 0.4) is 0 Å². The number of unbranched alkanes of at least 4 members (excludes halogenated alkanes) is 3. The van der Waals surface area contributed by atoms with Gasteiger partial charge in [-0.3, -0.25) is 0 Å². The molecular weight excluding hydrogens is 336 g/mol. The third kappa shape index (κ3) is 14.0. The molecule has 0 heterocycles. The van der Waals surface area contributed by atoms with Crippen molar-refractivity contribution >= 4 is 17.9 Å². The number of aliphatic carboxylic acids is 2. The van der Waals surface area contributed by atoms with Crippen LogP contribution in [0.15, 0.2) is 34.9 Å². The minimum absolute atomic E-state index is 0.196. The maximum atomic E-state index is 11.7. The SMILES string of the molecule is CC=C(C)C(=O)O.CCCCCCOC(=O)C(=CC=C(C)C(=O)O)CC. The maximum Gasteiger partial charge on any atom is 0.333 e. The summed E-state index contributed by atoms with van der Waals surface area (Å²) in [5.41, 5.74) is 1.08. The van der Waals surface area contributed by atoms with E-state index in [0.717, 1.165) is 25.7 Å². The molecule has 0 aliphatic heterocycles. The minimum atomic E-state index is -0.986. The molecule has 0 spiro atoms. The predicted octanol–water partition coefficient (Wildman–Crippen LogP) is 4.51. The minimum Gasteiger partial charge on any atom is -0.478 e. The van der Waals surface area contributed by atoms with Gasteiger partial charge in [0.2, 0.25) is 0 Å². The van der Waals surface area contributed by atoms with Gasteiger partial charge in [0.1, 0.15) is 0 Å². The van der Waals surface area contributed by atoms with Crippen LogP contribution in [0.2, 0.25) is 0 Å². The molecule has 0 saturated heterocycles. The Bertz CT molecular complexity index is 541. The molecule has 0 bridgehead atoms. The highest BCUT2D eigenvalue weighted by atomic mass is 16.5. The van der Waals surface area contributed by atoms with Crippen LogP contribution in [0.1, 0.15) is 66.7 Å². The number of carbonyl (C=O) groups is 3. The summed E-state index contributed by atoms with van der Waals surface area (Å²) in [5.74, 6) is -2.18. The quantitative estimate of drug-likeness (QED) is 0.254.